The van der Waals surface area contributed by atoms with Gasteiger partial charge in [-0.1, -0.05) is 6.07 Å². The summed E-state index contributed by atoms with van der Waals surface area (Å²) in [7, 11) is 4.76. The van der Waals surface area contributed by atoms with Crippen molar-refractivity contribution >= 4 is 5.91 Å². The Morgan fingerprint density at radius 1 is 1.21 bits per heavy atom. The van der Waals surface area contributed by atoms with Crippen molar-refractivity contribution in [3.05, 3.63) is 17.7 Å². The summed E-state index contributed by atoms with van der Waals surface area (Å²) in [5.41, 5.74) is 0.934. The van der Waals surface area contributed by atoms with Crippen LogP contribution in [0.25, 0.3) is 0 Å². The molecule has 1 heterocycles. The van der Waals surface area contributed by atoms with Crippen LogP contribution in [-0.2, 0) is 11.2 Å². The Labute approximate surface area is 143 Å². The maximum atomic E-state index is 12.2. The summed E-state index contributed by atoms with van der Waals surface area (Å²) in [4.78, 5) is 12.2. The number of benzene rings is 1. The number of ether oxygens (including phenoxy) is 3. The fourth-order valence-electron chi connectivity index (χ4n) is 3.17. The maximum Gasteiger partial charge on any atom is 0.220 e. The van der Waals surface area contributed by atoms with Gasteiger partial charge < -0.3 is 24.8 Å². The molecular weight excluding hydrogens is 308 g/mol. The summed E-state index contributed by atoms with van der Waals surface area (Å²) >= 11 is 0. The standard InChI is InChI=1S/C18H28N2O4/c1-12-11-14(9-10-19-12)20-16(21)8-6-13-5-7-15(22-2)18(24-4)17(13)23-3/h5,7,12,14,19H,6,8-11H2,1-4H3,(H,20,21). The van der Waals surface area contributed by atoms with Crippen molar-refractivity contribution in [3.8, 4) is 17.2 Å². The smallest absolute Gasteiger partial charge is 0.220 e. The number of hydrogen-bond donors (Lipinski definition) is 2. The number of carbonyl (C=O) groups is 1. The minimum Gasteiger partial charge on any atom is -0.493 e. The molecule has 0 aliphatic carbocycles. The van der Waals surface area contributed by atoms with Gasteiger partial charge in [-0.3, -0.25) is 4.79 Å². The number of amides is 1. The molecule has 0 spiro atoms. The molecule has 6 heteroatoms. The number of methoxy groups -OCH3 is 3. The van der Waals surface area contributed by atoms with E-state index in [1.807, 2.05) is 12.1 Å². The van der Waals surface area contributed by atoms with Crippen LogP contribution in [0.2, 0.25) is 0 Å². The Balaban J connectivity index is 1.97. The Morgan fingerprint density at radius 2 is 1.96 bits per heavy atom. The maximum absolute atomic E-state index is 12.2. The SMILES string of the molecule is COc1ccc(CCC(=O)NC2CCNC(C)C2)c(OC)c1OC. The molecule has 2 unspecified atom stereocenters. The average molecular weight is 336 g/mol. The second-order valence-electron chi connectivity index (χ2n) is 6.14. The molecule has 1 amide bonds. The molecule has 2 N–H and O–H groups in total. The number of nitrogens with one attached hydrogen (secondary N) is 2. The Hall–Kier alpha value is -1.95. The molecule has 1 aliphatic heterocycles. The first-order chi connectivity index (χ1) is 11.6. The molecule has 134 valence electrons. The fourth-order valence-corrected chi connectivity index (χ4v) is 3.17. The second-order valence-corrected chi connectivity index (χ2v) is 6.14. The first-order valence-corrected chi connectivity index (χ1v) is 8.39. The Kier molecular flexibility index (Phi) is 6.73. The highest BCUT2D eigenvalue weighted by Gasteiger charge is 2.21. The Bertz CT molecular complexity index is 562. The van der Waals surface area contributed by atoms with E-state index in [4.69, 9.17) is 14.2 Å². The van der Waals surface area contributed by atoms with Crippen LogP contribution in [0.1, 0.15) is 31.7 Å². The number of carbonyl (C=O) groups excluding carboxylic acids is 1. The zero-order valence-electron chi connectivity index (χ0n) is 15.0. The number of hydrogen-bond acceptors (Lipinski definition) is 5. The molecule has 0 aromatic heterocycles. The monoisotopic (exact) mass is 336 g/mol. The highest BCUT2D eigenvalue weighted by molar-refractivity contribution is 5.76. The molecule has 0 bridgehead atoms. The van der Waals surface area contributed by atoms with Crippen LogP contribution in [0.3, 0.4) is 0 Å². The van der Waals surface area contributed by atoms with E-state index < -0.39 is 0 Å². The molecule has 1 aromatic rings. The third-order valence-electron chi connectivity index (χ3n) is 4.40. The first-order valence-electron chi connectivity index (χ1n) is 8.39. The molecule has 1 aliphatic rings. The van der Waals surface area contributed by atoms with Gasteiger partial charge in [-0.15, -0.1) is 0 Å². The van der Waals surface area contributed by atoms with Crippen molar-refractivity contribution in [2.24, 2.45) is 0 Å². The van der Waals surface area contributed by atoms with Gasteiger partial charge in [-0.2, -0.15) is 0 Å². The lowest BCUT2D eigenvalue weighted by Gasteiger charge is -2.28. The zero-order valence-corrected chi connectivity index (χ0v) is 15.0. The second kappa shape index (κ2) is 8.78. The summed E-state index contributed by atoms with van der Waals surface area (Å²) in [6.45, 7) is 3.10. The van der Waals surface area contributed by atoms with Crippen LogP contribution in [-0.4, -0.2) is 45.9 Å². The number of rotatable bonds is 7. The predicted octanol–water partition coefficient (Wildman–Crippen LogP) is 1.90. The van der Waals surface area contributed by atoms with E-state index in [0.29, 0.717) is 36.1 Å². The van der Waals surface area contributed by atoms with E-state index in [1.165, 1.54) is 0 Å². The van der Waals surface area contributed by atoms with Crippen molar-refractivity contribution in [1.82, 2.24) is 10.6 Å². The number of piperidine rings is 1. The fraction of sp³-hybridized carbons (Fsp3) is 0.611. The van der Waals surface area contributed by atoms with Gasteiger partial charge in [-0.05, 0) is 44.4 Å². The highest BCUT2D eigenvalue weighted by Crippen LogP contribution is 2.40. The lowest BCUT2D eigenvalue weighted by molar-refractivity contribution is -0.122. The third kappa shape index (κ3) is 4.54. The van der Waals surface area contributed by atoms with E-state index in [2.05, 4.69) is 17.6 Å². The van der Waals surface area contributed by atoms with Crippen LogP contribution in [0.15, 0.2) is 12.1 Å². The van der Waals surface area contributed by atoms with Crippen LogP contribution in [0.4, 0.5) is 0 Å². The summed E-state index contributed by atoms with van der Waals surface area (Å²) < 4.78 is 16.1. The average Bonchev–Trinajstić information content (AvgIpc) is 2.58. The lowest BCUT2D eigenvalue weighted by Crippen LogP contribution is -2.46. The van der Waals surface area contributed by atoms with Gasteiger partial charge >= 0.3 is 0 Å². The summed E-state index contributed by atoms with van der Waals surface area (Å²) in [5, 5.41) is 6.52. The third-order valence-corrected chi connectivity index (χ3v) is 4.40. The van der Waals surface area contributed by atoms with E-state index in [0.717, 1.165) is 24.9 Å². The van der Waals surface area contributed by atoms with Crippen LogP contribution in [0, 0.1) is 0 Å². The molecule has 1 saturated heterocycles. The molecular formula is C18H28N2O4. The van der Waals surface area contributed by atoms with Gasteiger partial charge in [-0.25, -0.2) is 0 Å². The molecule has 6 nitrogen and oxygen atoms in total. The highest BCUT2D eigenvalue weighted by atomic mass is 16.5. The lowest BCUT2D eigenvalue weighted by atomic mass is 10.00. The van der Waals surface area contributed by atoms with Crippen molar-refractivity contribution in [2.45, 2.75) is 44.7 Å². The van der Waals surface area contributed by atoms with Gasteiger partial charge in [0.25, 0.3) is 0 Å². The van der Waals surface area contributed by atoms with E-state index in [1.54, 1.807) is 21.3 Å². The molecule has 2 atom stereocenters. The first kappa shape index (κ1) is 18.4. The van der Waals surface area contributed by atoms with Crippen LogP contribution >= 0.6 is 0 Å². The summed E-state index contributed by atoms with van der Waals surface area (Å²) in [6.07, 6.45) is 2.97. The predicted molar refractivity (Wildman–Crippen MR) is 93.0 cm³/mol. The van der Waals surface area contributed by atoms with E-state index in [9.17, 15) is 4.79 Å². The van der Waals surface area contributed by atoms with E-state index >= 15 is 0 Å². The molecule has 24 heavy (non-hydrogen) atoms. The molecule has 1 aromatic carbocycles. The minimum atomic E-state index is 0.0749. The van der Waals surface area contributed by atoms with Crippen molar-refractivity contribution < 1.29 is 19.0 Å². The quantitative estimate of drug-likeness (QED) is 0.796. The largest absolute Gasteiger partial charge is 0.493 e. The van der Waals surface area contributed by atoms with Gasteiger partial charge in [0, 0.05) is 18.5 Å². The van der Waals surface area contributed by atoms with Gasteiger partial charge in [0.2, 0.25) is 11.7 Å². The normalized spacial score (nSPS) is 20.3. The summed E-state index contributed by atoms with van der Waals surface area (Å²) in [5.74, 6) is 1.88. The van der Waals surface area contributed by atoms with Crippen LogP contribution < -0.4 is 24.8 Å². The molecule has 2 rings (SSSR count). The number of aryl methyl sites for hydroxylation is 1. The van der Waals surface area contributed by atoms with E-state index in [-0.39, 0.29) is 11.9 Å². The molecule has 0 saturated carbocycles. The van der Waals surface area contributed by atoms with Crippen molar-refractivity contribution in [1.29, 1.82) is 0 Å². The molecule has 0 radical (unpaired) electrons. The molecule has 1 fully saturated rings. The summed E-state index contributed by atoms with van der Waals surface area (Å²) in [6, 6.07) is 4.47. The van der Waals surface area contributed by atoms with Gasteiger partial charge in [0.15, 0.2) is 11.5 Å². The van der Waals surface area contributed by atoms with Crippen molar-refractivity contribution in [3.63, 3.8) is 0 Å². The topological polar surface area (TPSA) is 68.8 Å². The Morgan fingerprint density at radius 3 is 2.58 bits per heavy atom. The van der Waals surface area contributed by atoms with Gasteiger partial charge in [0.05, 0.1) is 21.3 Å². The van der Waals surface area contributed by atoms with Crippen molar-refractivity contribution in [2.75, 3.05) is 27.9 Å². The van der Waals surface area contributed by atoms with Crippen LogP contribution in [0.5, 0.6) is 17.2 Å². The minimum absolute atomic E-state index is 0.0749. The van der Waals surface area contributed by atoms with Gasteiger partial charge in [0.1, 0.15) is 0 Å². The zero-order chi connectivity index (χ0) is 17.5.